The third-order valence-electron chi connectivity index (χ3n) is 24.5. The third kappa shape index (κ3) is 41.7. The highest BCUT2D eigenvalue weighted by atomic mass is 16.7. The summed E-state index contributed by atoms with van der Waals surface area (Å²) in [5, 5.41) is 32.1. The Hall–Kier alpha value is -13.1. The Morgan fingerprint density at radius 1 is 0.413 bits per heavy atom. The minimum Gasteiger partial charge on any atom is -0.497 e. The number of rotatable bonds is 61. The SMILES string of the molecule is COC(=O)CC1OC(OCCCCC(=O)NCCN(CCNC(=O)CCCCOC2OC(COC(C)=O)C(OC(C)=O)C(OC(C)=O)C2NC(C)=O)C(=O)CC[C@H](NC(=O)CCCCOC2OC(COC(C)=O)C(OC(C)=O)C(OC(C)=O)C2NC(C)=O)C(=O)NCCCCCC(=O)N[C@@H](COC(c2ccccc2)(c2ccc(OC)cc2)c2ccc(OC)cc2)C(=O)N2CCC(CO)CC2)C(NC(C)=O)C(OC(C)=O)C1OC(C)=O. The van der Waals surface area contributed by atoms with E-state index >= 15 is 0 Å². The zero-order valence-corrected chi connectivity index (χ0v) is 87.5. The van der Waals surface area contributed by atoms with Crippen molar-refractivity contribution in [1.29, 1.82) is 0 Å². The summed E-state index contributed by atoms with van der Waals surface area (Å²) in [6, 6.07) is 17.5. The molecule has 9 N–H and O–H groups in total. The second-order valence-corrected chi connectivity index (χ2v) is 36.3. The van der Waals surface area contributed by atoms with E-state index in [4.69, 9.17) is 85.3 Å². The van der Waals surface area contributed by atoms with Gasteiger partial charge in [-0.15, -0.1) is 0 Å². The number of amides is 10. The Bertz CT molecular complexity index is 4880. The van der Waals surface area contributed by atoms with Gasteiger partial charge in [0.2, 0.25) is 59.1 Å². The van der Waals surface area contributed by atoms with E-state index in [0.29, 0.717) is 60.5 Å². The Morgan fingerprint density at radius 3 is 1.17 bits per heavy atom. The lowest BCUT2D eigenvalue weighted by atomic mass is 9.80. The molecule has 0 radical (unpaired) electrons. The quantitative estimate of drug-likeness (QED) is 0.0169. The minimum absolute atomic E-state index is 0.0135. The first kappa shape index (κ1) is 124. The van der Waals surface area contributed by atoms with Gasteiger partial charge >= 0.3 is 53.7 Å². The van der Waals surface area contributed by atoms with E-state index in [1.807, 2.05) is 54.6 Å². The zero-order chi connectivity index (χ0) is 110. The molecule has 0 aliphatic carbocycles. The van der Waals surface area contributed by atoms with Gasteiger partial charge in [-0.2, -0.15) is 0 Å². The van der Waals surface area contributed by atoms with Crippen LogP contribution in [0.4, 0.5) is 0 Å². The van der Waals surface area contributed by atoms with E-state index in [1.165, 1.54) is 25.7 Å². The molecule has 0 aromatic heterocycles. The Kier molecular flexibility index (Phi) is 53.2. The number of aliphatic hydroxyl groups is 1. The molecule has 4 fully saturated rings. The van der Waals surface area contributed by atoms with Crippen molar-refractivity contribution in [3.63, 3.8) is 0 Å². The molecule has 7 rings (SSSR count). The first-order chi connectivity index (χ1) is 71.6. The van der Waals surface area contributed by atoms with Gasteiger partial charge in [-0.25, -0.2) is 0 Å². The molecule has 4 aliphatic heterocycles. The topological polar surface area (TPSA) is 613 Å². The van der Waals surface area contributed by atoms with Crippen LogP contribution in [0.5, 0.6) is 11.5 Å². The lowest BCUT2D eigenvalue weighted by Gasteiger charge is -2.45. The summed E-state index contributed by atoms with van der Waals surface area (Å²) < 4.78 is 103. The van der Waals surface area contributed by atoms with Crippen molar-refractivity contribution < 1.29 is 181 Å². The van der Waals surface area contributed by atoms with Crippen LogP contribution in [-0.4, -0.2) is 345 Å². The number of aliphatic hydroxyl groups excluding tert-OH is 1. The number of carbonyl (C=O) groups is 19. The van der Waals surface area contributed by atoms with Gasteiger partial charge in [-0.1, -0.05) is 61.0 Å². The molecule has 3 aromatic carbocycles. The van der Waals surface area contributed by atoms with E-state index in [9.17, 15) is 96.2 Å². The van der Waals surface area contributed by atoms with Crippen molar-refractivity contribution in [2.45, 2.75) is 301 Å². The molecule has 3 aromatic rings. The van der Waals surface area contributed by atoms with Crippen molar-refractivity contribution >= 4 is 113 Å². The number of esters is 9. The van der Waals surface area contributed by atoms with Crippen LogP contribution in [-0.2, 0) is 172 Å². The molecule has 150 heavy (non-hydrogen) atoms. The Balaban J connectivity index is 1.09. The highest BCUT2D eigenvalue weighted by Crippen LogP contribution is 2.43. The Labute approximate surface area is 870 Å². The highest BCUT2D eigenvalue weighted by molar-refractivity contribution is 5.89. The van der Waals surface area contributed by atoms with Gasteiger partial charge in [0.25, 0.3) is 0 Å². The summed E-state index contributed by atoms with van der Waals surface area (Å²) in [7, 11) is 4.21. The van der Waals surface area contributed by atoms with Crippen LogP contribution in [0.1, 0.15) is 208 Å². The number of nitrogens with one attached hydrogen (secondary N) is 8. The largest absolute Gasteiger partial charge is 0.497 e. The fourth-order valence-corrected chi connectivity index (χ4v) is 17.5. The first-order valence-corrected chi connectivity index (χ1v) is 50.1. The van der Waals surface area contributed by atoms with Gasteiger partial charge in [-0.05, 0) is 118 Å². The van der Waals surface area contributed by atoms with Crippen molar-refractivity contribution in [2.24, 2.45) is 5.92 Å². The zero-order valence-electron chi connectivity index (χ0n) is 87.5. The summed E-state index contributed by atoms with van der Waals surface area (Å²) in [5.41, 5.74) is 0.670. The predicted octanol–water partition coefficient (Wildman–Crippen LogP) is 2.26. The monoisotopic (exact) mass is 2120 g/mol. The predicted molar refractivity (Wildman–Crippen MR) is 523 cm³/mol. The molecular formula is C102H146N10O38. The number of hydrogen-bond acceptors (Lipinski definition) is 38. The number of methoxy groups -OCH3 is 3. The molecule has 48 heteroatoms. The maximum Gasteiger partial charge on any atom is 0.308 e. The van der Waals surface area contributed by atoms with Crippen LogP contribution < -0.4 is 52.0 Å². The van der Waals surface area contributed by atoms with E-state index in [0.717, 1.165) is 62.5 Å². The van der Waals surface area contributed by atoms with Gasteiger partial charge in [0.05, 0.1) is 34.4 Å². The number of piperidine rings is 1. The molecule has 0 spiro atoms. The van der Waals surface area contributed by atoms with Gasteiger partial charge in [0.1, 0.15) is 78.8 Å². The second kappa shape index (κ2) is 64.4. The van der Waals surface area contributed by atoms with E-state index in [2.05, 4.69) is 42.5 Å². The summed E-state index contributed by atoms with van der Waals surface area (Å²) in [4.78, 5) is 253. The van der Waals surface area contributed by atoms with E-state index in [-0.39, 0.29) is 155 Å². The van der Waals surface area contributed by atoms with Crippen LogP contribution >= 0.6 is 0 Å². The van der Waals surface area contributed by atoms with Gasteiger partial charge in [-0.3, -0.25) is 91.1 Å². The number of hydrogen-bond donors (Lipinski definition) is 9. The second-order valence-electron chi connectivity index (χ2n) is 36.3. The van der Waals surface area contributed by atoms with Crippen molar-refractivity contribution in [3.8, 4) is 11.5 Å². The normalized spacial score (nSPS) is 21.4. The number of likely N-dealkylation sites (tertiary alicyclic amines) is 1. The van der Waals surface area contributed by atoms with Gasteiger partial charge < -0.3 is 143 Å². The molecule has 15 unspecified atom stereocenters. The van der Waals surface area contributed by atoms with Gasteiger partial charge in [0, 0.05) is 181 Å². The Morgan fingerprint density at radius 2 is 0.787 bits per heavy atom. The van der Waals surface area contributed by atoms with Crippen molar-refractivity contribution in [2.75, 3.05) is 113 Å². The van der Waals surface area contributed by atoms with Crippen LogP contribution in [0.2, 0.25) is 0 Å². The molecule has 832 valence electrons. The number of unbranched alkanes of at least 4 members (excludes halogenated alkanes) is 5. The third-order valence-corrected chi connectivity index (χ3v) is 24.5. The number of ether oxygens (including phenoxy) is 18. The molecule has 48 nitrogen and oxygen atoms in total. The minimum atomic E-state index is -1.44. The summed E-state index contributed by atoms with van der Waals surface area (Å²) in [5.74, 6) is -11.8. The molecular weight excluding hydrogens is 1970 g/mol. The number of carbonyl (C=O) groups excluding carboxylic acids is 19. The molecule has 0 bridgehead atoms. The first-order valence-electron chi connectivity index (χ1n) is 50.1. The maximum atomic E-state index is 14.9. The molecule has 4 heterocycles. The van der Waals surface area contributed by atoms with Gasteiger partial charge in [0.15, 0.2) is 55.5 Å². The molecule has 4 aliphatic rings. The smallest absolute Gasteiger partial charge is 0.308 e. The number of benzene rings is 3. The molecule has 10 amide bonds. The summed E-state index contributed by atoms with van der Waals surface area (Å²) in [6.07, 6.45) is -15.6. The summed E-state index contributed by atoms with van der Waals surface area (Å²) in [6.45, 7) is 10.3. The van der Waals surface area contributed by atoms with Crippen LogP contribution in [0, 0.1) is 5.92 Å². The lowest BCUT2D eigenvalue weighted by Crippen LogP contribution is -2.66. The average Bonchev–Trinajstić information content (AvgIpc) is 0.749. The fourth-order valence-electron chi connectivity index (χ4n) is 17.5. The standard InChI is InChI=1S/C102H146N10O38/c1-60(114)106-88-94(145-68(9)122)91(142-65(6)119)79(55-87(130)135-14)148-99(88)136-52-24-20-29-82(125)103-46-50-111(51-47-104-83(126)30-21-25-53-137-100-89(107-61(2)115)95(146-69(10)123)92(143-66(7)120)80(149-100)58-139-63(4)117)86(129)42-41-77(109-84(127)32-22-26-54-138-101-90(108-62(3)116)96(147-70(11)124)93(144-67(8)121)81(150-101)59-140-64(5)118)97(131)105-45-23-16-19-31-85(128)110-78(98(132)112-48-43-71(56-113)44-49-112)57-141-102(72-27-17-15-18-28-72,73-33-37-75(133-12)38-34-73)74-35-39-76(134-13)40-36-74/h15,17-18,27-28,33-40,71,77-81,88-96,99-101,113H,16,19-26,29-32,41-59H2,1-14H3,(H,103,125)(H,104,126)(H,105,131)(H,106,114)(H,107,115)(H,108,116)(H,109,127)(H,110,128)/t77-,78-,79?,80?,81?,88?,89?,90?,91?,92?,93?,94?,95?,96?,99?,100?,101?/m0/s1. The molecule has 17 atom stereocenters. The van der Waals surface area contributed by atoms with E-state index < -0.39 is 248 Å². The van der Waals surface area contributed by atoms with Crippen LogP contribution in [0.3, 0.4) is 0 Å². The average molecular weight is 2120 g/mol. The molecule has 0 saturated carbocycles. The fraction of sp³-hybridized carbons (Fsp3) is 0.637. The van der Waals surface area contributed by atoms with Crippen molar-refractivity contribution in [1.82, 2.24) is 52.3 Å². The highest BCUT2D eigenvalue weighted by Gasteiger charge is 2.55. The molecule has 4 saturated heterocycles. The van der Waals surface area contributed by atoms with Crippen LogP contribution in [0.15, 0.2) is 78.9 Å². The summed E-state index contributed by atoms with van der Waals surface area (Å²) >= 11 is 0. The maximum absolute atomic E-state index is 14.9. The van der Waals surface area contributed by atoms with Crippen molar-refractivity contribution in [3.05, 3.63) is 95.6 Å². The van der Waals surface area contributed by atoms with Crippen LogP contribution in [0.25, 0.3) is 0 Å². The van der Waals surface area contributed by atoms with E-state index in [1.54, 1.807) is 43.4 Å². The lowest BCUT2D eigenvalue weighted by molar-refractivity contribution is -0.277. The number of nitrogens with zero attached hydrogens (tertiary/aromatic N) is 2.